The van der Waals surface area contributed by atoms with E-state index in [1.54, 1.807) is 0 Å². The Hall–Kier alpha value is -1.40. The predicted molar refractivity (Wildman–Crippen MR) is 81.0 cm³/mol. The van der Waals surface area contributed by atoms with Crippen LogP contribution in [0, 0.1) is 0 Å². The lowest BCUT2D eigenvalue weighted by Gasteiger charge is -2.32. The summed E-state index contributed by atoms with van der Waals surface area (Å²) in [6.07, 6.45) is 0.614. The summed E-state index contributed by atoms with van der Waals surface area (Å²) in [6.45, 7) is 3.21. The van der Waals surface area contributed by atoms with Gasteiger partial charge in [-0.15, -0.1) is 0 Å². The highest BCUT2D eigenvalue weighted by atomic mass is 32.2. The molecule has 0 amide bonds. The second kappa shape index (κ2) is 6.58. The van der Waals surface area contributed by atoms with Gasteiger partial charge in [0.25, 0.3) is 0 Å². The first kappa shape index (κ1) is 16.0. The molecule has 0 aromatic heterocycles. The molecule has 0 aliphatic carbocycles. The zero-order valence-corrected chi connectivity index (χ0v) is 13.0. The van der Waals surface area contributed by atoms with Crippen LogP contribution in [-0.4, -0.2) is 49.0 Å². The lowest BCUT2D eigenvalue weighted by molar-refractivity contribution is -0.139. The normalized spacial score (nSPS) is 19.2. The maximum atomic E-state index is 11.8. The SMILES string of the molecule is CCCS(=O)(=O)CCN1Cc2ccccc2C(C(=O)O)C1. The second-order valence-electron chi connectivity index (χ2n) is 5.48. The molecule has 1 atom stereocenters. The van der Waals surface area contributed by atoms with Crippen molar-refractivity contribution < 1.29 is 18.3 Å². The molecule has 0 bridgehead atoms. The number of carboxylic acid groups (broad SMARTS) is 1. The number of rotatable bonds is 6. The number of carboxylic acids is 1. The Morgan fingerprint density at radius 2 is 2.05 bits per heavy atom. The Morgan fingerprint density at radius 3 is 2.71 bits per heavy atom. The average molecular weight is 311 g/mol. The number of nitrogens with zero attached hydrogens (tertiary/aromatic N) is 1. The monoisotopic (exact) mass is 311 g/mol. The topological polar surface area (TPSA) is 74.7 Å². The van der Waals surface area contributed by atoms with Crippen molar-refractivity contribution in [2.45, 2.75) is 25.8 Å². The lowest BCUT2D eigenvalue weighted by atomic mass is 9.90. The number of fused-ring (bicyclic) bond motifs is 1. The third-order valence-corrected chi connectivity index (χ3v) is 5.63. The Kier molecular flexibility index (Phi) is 5.00. The van der Waals surface area contributed by atoms with Crippen LogP contribution in [-0.2, 0) is 21.2 Å². The van der Waals surface area contributed by atoms with Gasteiger partial charge in [-0.05, 0) is 17.5 Å². The molecule has 1 aliphatic heterocycles. The summed E-state index contributed by atoms with van der Waals surface area (Å²) in [7, 11) is -3.04. The summed E-state index contributed by atoms with van der Waals surface area (Å²) in [6, 6.07) is 7.49. The van der Waals surface area contributed by atoms with Crippen LogP contribution in [0.4, 0.5) is 0 Å². The van der Waals surface area contributed by atoms with E-state index in [0.717, 1.165) is 11.1 Å². The summed E-state index contributed by atoms with van der Waals surface area (Å²) in [5.41, 5.74) is 1.82. The molecular formula is C15H21NO4S. The first-order valence-corrected chi connectivity index (χ1v) is 8.98. The van der Waals surface area contributed by atoms with E-state index in [-0.39, 0.29) is 11.5 Å². The van der Waals surface area contributed by atoms with Crippen molar-refractivity contribution in [3.63, 3.8) is 0 Å². The first-order valence-electron chi connectivity index (χ1n) is 7.16. The van der Waals surface area contributed by atoms with Crippen LogP contribution >= 0.6 is 0 Å². The average Bonchev–Trinajstić information content (AvgIpc) is 2.44. The minimum absolute atomic E-state index is 0.0926. The fourth-order valence-corrected chi connectivity index (χ4v) is 4.11. The Bertz CT molecular complexity index is 612. The number of carbonyl (C=O) groups is 1. The maximum Gasteiger partial charge on any atom is 0.312 e. The van der Waals surface area contributed by atoms with Crippen molar-refractivity contribution in [1.29, 1.82) is 0 Å². The van der Waals surface area contributed by atoms with E-state index in [9.17, 15) is 18.3 Å². The highest BCUT2D eigenvalue weighted by Crippen LogP contribution is 2.28. The van der Waals surface area contributed by atoms with Gasteiger partial charge < -0.3 is 5.11 Å². The van der Waals surface area contributed by atoms with Crippen LogP contribution in [0.5, 0.6) is 0 Å². The molecule has 1 aromatic carbocycles. The Balaban J connectivity index is 2.10. The van der Waals surface area contributed by atoms with Gasteiger partial charge in [0.1, 0.15) is 0 Å². The van der Waals surface area contributed by atoms with Crippen LogP contribution in [0.3, 0.4) is 0 Å². The molecule has 0 radical (unpaired) electrons. The minimum Gasteiger partial charge on any atom is -0.481 e. The molecule has 116 valence electrons. The maximum absolute atomic E-state index is 11.8. The molecule has 1 heterocycles. The predicted octanol–water partition coefficient (Wildman–Crippen LogP) is 1.50. The van der Waals surface area contributed by atoms with Crippen molar-refractivity contribution in [3.05, 3.63) is 35.4 Å². The number of benzene rings is 1. The van der Waals surface area contributed by atoms with E-state index in [1.807, 2.05) is 36.1 Å². The van der Waals surface area contributed by atoms with Gasteiger partial charge in [0, 0.05) is 25.4 Å². The molecule has 21 heavy (non-hydrogen) atoms. The van der Waals surface area contributed by atoms with Gasteiger partial charge in [0.05, 0.1) is 11.7 Å². The van der Waals surface area contributed by atoms with Gasteiger partial charge in [-0.25, -0.2) is 8.42 Å². The molecule has 6 heteroatoms. The zero-order valence-electron chi connectivity index (χ0n) is 12.2. The van der Waals surface area contributed by atoms with Crippen LogP contribution in [0.2, 0.25) is 0 Å². The van der Waals surface area contributed by atoms with Gasteiger partial charge in [-0.1, -0.05) is 31.2 Å². The van der Waals surface area contributed by atoms with Crippen molar-refractivity contribution in [2.24, 2.45) is 0 Å². The van der Waals surface area contributed by atoms with Crippen molar-refractivity contribution in [3.8, 4) is 0 Å². The second-order valence-corrected chi connectivity index (χ2v) is 7.78. The van der Waals surface area contributed by atoms with Crippen LogP contribution in [0.25, 0.3) is 0 Å². The third-order valence-electron chi connectivity index (χ3n) is 3.80. The van der Waals surface area contributed by atoms with Crippen LogP contribution in [0.1, 0.15) is 30.4 Å². The number of hydrogen-bond acceptors (Lipinski definition) is 4. The molecule has 1 N–H and O–H groups in total. The van der Waals surface area contributed by atoms with E-state index in [1.165, 1.54) is 0 Å². The smallest absolute Gasteiger partial charge is 0.312 e. The fourth-order valence-electron chi connectivity index (χ4n) is 2.74. The number of hydrogen-bond donors (Lipinski definition) is 1. The summed E-state index contributed by atoms with van der Waals surface area (Å²) in [5, 5.41) is 9.37. The van der Waals surface area contributed by atoms with E-state index in [4.69, 9.17) is 0 Å². The van der Waals surface area contributed by atoms with E-state index in [2.05, 4.69) is 0 Å². The molecule has 1 aliphatic rings. The summed E-state index contributed by atoms with van der Waals surface area (Å²) in [4.78, 5) is 13.3. The van der Waals surface area contributed by atoms with Gasteiger partial charge in [-0.2, -0.15) is 0 Å². The molecule has 0 fully saturated rings. The van der Waals surface area contributed by atoms with Crippen LogP contribution < -0.4 is 0 Å². The highest BCUT2D eigenvalue weighted by molar-refractivity contribution is 7.91. The number of aliphatic carboxylic acids is 1. The van der Waals surface area contributed by atoms with Crippen molar-refractivity contribution in [2.75, 3.05) is 24.6 Å². The molecule has 2 rings (SSSR count). The standard InChI is InChI=1S/C15H21NO4S/c1-2-8-21(19,20)9-7-16-10-12-5-3-4-6-13(12)14(11-16)15(17)18/h3-6,14H,2,7-11H2,1H3,(H,17,18). The summed E-state index contributed by atoms with van der Waals surface area (Å²) < 4.78 is 23.6. The van der Waals surface area contributed by atoms with Crippen LogP contribution in [0.15, 0.2) is 24.3 Å². The molecular weight excluding hydrogens is 290 g/mol. The van der Waals surface area contributed by atoms with E-state index < -0.39 is 21.7 Å². The molecule has 5 nitrogen and oxygen atoms in total. The van der Waals surface area contributed by atoms with Gasteiger partial charge in [0.2, 0.25) is 0 Å². The Labute approximate surface area is 125 Å². The largest absolute Gasteiger partial charge is 0.481 e. The Morgan fingerprint density at radius 1 is 1.33 bits per heavy atom. The molecule has 0 spiro atoms. The van der Waals surface area contributed by atoms with Gasteiger partial charge in [-0.3, -0.25) is 9.69 Å². The molecule has 0 saturated carbocycles. The zero-order chi connectivity index (χ0) is 15.5. The van der Waals surface area contributed by atoms with E-state index >= 15 is 0 Å². The third kappa shape index (κ3) is 4.04. The van der Waals surface area contributed by atoms with E-state index in [0.29, 0.717) is 26.1 Å². The summed E-state index contributed by atoms with van der Waals surface area (Å²) >= 11 is 0. The highest BCUT2D eigenvalue weighted by Gasteiger charge is 2.30. The lowest BCUT2D eigenvalue weighted by Crippen LogP contribution is -2.39. The minimum atomic E-state index is -3.04. The first-order chi connectivity index (χ1) is 9.93. The van der Waals surface area contributed by atoms with Gasteiger partial charge >= 0.3 is 5.97 Å². The fraction of sp³-hybridized carbons (Fsp3) is 0.533. The molecule has 0 saturated heterocycles. The van der Waals surface area contributed by atoms with Gasteiger partial charge in [0.15, 0.2) is 9.84 Å². The molecule has 1 aromatic rings. The quantitative estimate of drug-likeness (QED) is 0.861. The number of sulfone groups is 1. The summed E-state index contributed by atoms with van der Waals surface area (Å²) in [5.74, 6) is -1.15. The van der Waals surface area contributed by atoms with Crippen molar-refractivity contribution in [1.82, 2.24) is 4.90 Å². The van der Waals surface area contributed by atoms with Crippen molar-refractivity contribution >= 4 is 15.8 Å². The molecule has 1 unspecified atom stereocenters.